The van der Waals surface area contributed by atoms with Gasteiger partial charge in [0, 0.05) is 115 Å². The van der Waals surface area contributed by atoms with Crippen LogP contribution >= 0.6 is 0 Å². The smallest absolute Gasteiger partial charge is 0.238 e. The van der Waals surface area contributed by atoms with E-state index in [2.05, 4.69) is 137 Å². The van der Waals surface area contributed by atoms with E-state index in [4.69, 9.17) is 65.4 Å². The molecule has 0 bridgehead atoms. The summed E-state index contributed by atoms with van der Waals surface area (Å²) in [5, 5.41) is 12.3. The molecule has 15 heteroatoms. The van der Waals surface area contributed by atoms with Crippen molar-refractivity contribution in [3.8, 4) is 137 Å². The molecule has 0 radical (unpaired) electrons. The molecule has 30 aromatic rings. The van der Waals surface area contributed by atoms with Crippen LogP contribution in [0.5, 0.6) is 0 Å². The third-order valence-electron chi connectivity index (χ3n) is 27.8. The molecule has 0 saturated heterocycles. The Morgan fingerprint density at radius 1 is 0.153 bits per heavy atom. The quantitative estimate of drug-likeness (QED) is 0.0979. The molecule has 9 heterocycles. The molecule has 0 aliphatic carbocycles. The van der Waals surface area contributed by atoms with Gasteiger partial charge in [-0.25, -0.2) is 15.0 Å². The van der Waals surface area contributed by atoms with Crippen molar-refractivity contribution in [3.63, 3.8) is 0 Å². The fourth-order valence-electron chi connectivity index (χ4n) is 21.3. The maximum atomic E-state index is 8.91. The maximum Gasteiger partial charge on any atom is 0.238 e. The van der Waals surface area contributed by atoms with E-state index >= 15 is 0 Å². The van der Waals surface area contributed by atoms with Crippen molar-refractivity contribution in [3.05, 3.63) is 527 Å². The lowest BCUT2D eigenvalue weighted by atomic mass is 10.0. The molecule has 0 aliphatic rings. The second-order valence-corrected chi connectivity index (χ2v) is 36.3. The SMILES string of the molecule is [2H]c1c([2H])c([2H])c(-c2ccc(-n3c4ccccc4c4ccc5c(c6ccccc6n5-c5nc(-c6ccccc6)nc(-c6ccccc6)n5)c43)cc2)c([2H])c1[2H].[2H]c1c([2H])c([2H])c(-c2cccc(-n3c4ccccc4c4ccc5c(c6ccccc6n5-c5nc(-c6ccccc6)nc(-c6ccccc6)n5)c43)c2)c([2H])c1[2H].[2H]c1c([2H])c([2H])c(-c2ccccc2-n2c3ccccc3c3ccc4c(c5ccccc5n4-c4nc(-c5ccccc5)nc(-c5ccccc5)n4)c32)c([2H])c1[2H]. The first kappa shape index (κ1) is 72.7. The minimum Gasteiger partial charge on any atom is -0.309 e. The average molecular weight is 1930 g/mol. The Morgan fingerprint density at radius 3 is 0.767 bits per heavy atom. The largest absolute Gasteiger partial charge is 0.309 e. The highest BCUT2D eigenvalue weighted by molar-refractivity contribution is 6.29. The first-order chi connectivity index (χ1) is 80.7. The van der Waals surface area contributed by atoms with Crippen molar-refractivity contribution in [2.24, 2.45) is 0 Å². The first-order valence-corrected chi connectivity index (χ1v) is 49.2. The van der Waals surface area contributed by atoms with Crippen molar-refractivity contribution in [2.75, 3.05) is 0 Å². The van der Waals surface area contributed by atoms with Crippen molar-refractivity contribution in [2.45, 2.75) is 0 Å². The van der Waals surface area contributed by atoms with E-state index in [1.54, 1.807) is 6.07 Å². The fraction of sp³-hybridized carbons (Fsp3) is 0. The lowest BCUT2D eigenvalue weighted by Gasteiger charge is -2.15. The van der Waals surface area contributed by atoms with Gasteiger partial charge in [-0.3, -0.25) is 13.7 Å². The van der Waals surface area contributed by atoms with Crippen molar-refractivity contribution < 1.29 is 20.6 Å². The molecular weight excluding hydrogens is 1830 g/mol. The number of para-hydroxylation sites is 7. The van der Waals surface area contributed by atoms with Crippen molar-refractivity contribution in [1.82, 2.24) is 72.3 Å². The highest BCUT2D eigenvalue weighted by Gasteiger charge is 2.30. The van der Waals surface area contributed by atoms with Gasteiger partial charge in [0.25, 0.3) is 0 Å². The van der Waals surface area contributed by atoms with Crippen LogP contribution in [0.25, 0.3) is 267 Å². The minimum atomic E-state index is -0.424. The number of nitrogens with zero attached hydrogens (tertiary/aromatic N) is 15. The van der Waals surface area contributed by atoms with Gasteiger partial charge in [-0.15, -0.1) is 0 Å². The first-order valence-electron chi connectivity index (χ1n) is 56.7. The van der Waals surface area contributed by atoms with E-state index in [1.807, 2.05) is 322 Å². The third kappa shape index (κ3) is 15.1. The normalized spacial score (nSPS) is 13.0. The Kier molecular flexibility index (Phi) is 17.9. The highest BCUT2D eigenvalue weighted by atomic mass is 15.2. The summed E-state index contributed by atoms with van der Waals surface area (Å²) in [6, 6.07) is 140. The molecule has 0 saturated carbocycles. The topological polar surface area (TPSA) is 146 Å². The summed E-state index contributed by atoms with van der Waals surface area (Å²) in [6.45, 7) is 0. The molecule has 0 aliphatic heterocycles. The fourth-order valence-corrected chi connectivity index (χ4v) is 21.3. The predicted octanol–water partition coefficient (Wildman–Crippen LogP) is 33.2. The number of hydrogen-bond donors (Lipinski definition) is 0. The molecule has 30 rings (SSSR count). The van der Waals surface area contributed by atoms with Crippen molar-refractivity contribution in [1.29, 1.82) is 0 Å². The van der Waals surface area contributed by atoms with Crippen molar-refractivity contribution >= 4 is 131 Å². The zero-order valence-corrected chi connectivity index (χ0v) is 79.8. The van der Waals surface area contributed by atoms with E-state index < -0.39 is 18.1 Å². The van der Waals surface area contributed by atoms with Crippen LogP contribution in [-0.2, 0) is 0 Å². The van der Waals surface area contributed by atoms with Gasteiger partial charge in [-0.1, -0.05) is 442 Å². The molecule has 0 atom stereocenters. The Bertz CT molecular complexity index is 11200. The summed E-state index contributed by atoms with van der Waals surface area (Å²) < 4.78 is 140. The van der Waals surface area contributed by atoms with Gasteiger partial charge in [0.2, 0.25) is 17.8 Å². The summed E-state index contributed by atoms with van der Waals surface area (Å²) in [5.41, 5.74) is 21.0. The number of benzene rings is 21. The molecule has 0 N–H and O–H groups in total. The van der Waals surface area contributed by atoms with Crippen LogP contribution in [0.15, 0.2) is 527 Å². The summed E-state index contributed by atoms with van der Waals surface area (Å²) >= 11 is 0. The van der Waals surface area contributed by atoms with E-state index in [9.17, 15) is 0 Å². The van der Waals surface area contributed by atoms with E-state index in [-0.39, 0.29) is 89.2 Å². The van der Waals surface area contributed by atoms with Gasteiger partial charge in [0.15, 0.2) is 34.9 Å². The van der Waals surface area contributed by atoms with Gasteiger partial charge < -0.3 is 13.7 Å². The van der Waals surface area contributed by atoms with Crippen LogP contribution in [0, 0.1) is 0 Å². The Balaban J connectivity index is 0.000000116. The molecule has 0 unspecified atom stereocenters. The van der Waals surface area contributed by atoms with Gasteiger partial charge >= 0.3 is 0 Å². The number of fused-ring (bicyclic) bond motifs is 21. The van der Waals surface area contributed by atoms with Crippen LogP contribution < -0.4 is 0 Å². The Morgan fingerprint density at radius 2 is 0.420 bits per heavy atom. The second kappa shape index (κ2) is 37.0. The second-order valence-electron chi connectivity index (χ2n) is 36.3. The summed E-state index contributed by atoms with van der Waals surface area (Å²) in [6.07, 6.45) is 0. The van der Waals surface area contributed by atoms with E-state index in [1.165, 1.54) is 0 Å². The molecule has 0 amide bonds. The molecular formula is C135H87N15. The van der Waals surface area contributed by atoms with Crippen LogP contribution in [0.2, 0.25) is 0 Å². The third-order valence-corrected chi connectivity index (χ3v) is 27.8. The van der Waals surface area contributed by atoms with Crippen LogP contribution in [0.3, 0.4) is 0 Å². The molecule has 21 aromatic carbocycles. The highest BCUT2D eigenvalue weighted by Crippen LogP contribution is 2.49. The molecule has 9 aromatic heterocycles. The standard InChI is InChI=1S/3C45H29N5/c1-4-16-30(17-5-1)33-22-10-13-25-37(33)49-38-26-14-11-23-34(38)35-28-29-40-41(42(35)49)36-24-12-15-27-39(36)50(40)45-47-43(31-18-6-2-7-19-31)46-44(48-45)32-20-8-3-9-21-32;1-4-15-30(16-5-1)33-21-14-22-34(29-33)49-38-25-12-10-23-35(38)36-27-28-40-41(42(36)49)37-24-11-13-26-39(37)50(40)45-47-43(31-17-6-2-7-18-31)46-44(48-45)32-19-8-3-9-20-32;1-4-14-30(15-5-1)31-24-26-34(27-25-31)49-38-22-12-10-20-35(38)36-28-29-40-41(42(36)49)37-21-11-13-23-39(37)50(40)45-47-43(32-16-6-2-7-17-32)46-44(48-45)33-18-8-3-9-19-33/h3*1-29H/i1D,4D,5D,16D,17D;1D,4D,5D,15D,16D;1D,4D,5D,14D,15D. The predicted molar refractivity (Wildman–Crippen MR) is 614 cm³/mol. The number of hydrogen-bond acceptors (Lipinski definition) is 9. The van der Waals surface area contributed by atoms with E-state index in [0.29, 0.717) is 75.2 Å². The average Bonchev–Trinajstić information content (AvgIpc) is 1.55. The molecule has 15 nitrogen and oxygen atoms in total. The summed E-state index contributed by atoms with van der Waals surface area (Å²) in [4.78, 5) is 45.5. The van der Waals surface area contributed by atoms with Crippen LogP contribution in [0.1, 0.15) is 20.6 Å². The Hall–Kier alpha value is -20.6. The van der Waals surface area contributed by atoms with Crippen LogP contribution in [0.4, 0.5) is 0 Å². The molecule has 150 heavy (non-hydrogen) atoms. The zero-order valence-electron chi connectivity index (χ0n) is 94.8. The number of rotatable bonds is 15. The summed E-state index contributed by atoms with van der Waals surface area (Å²) in [5.74, 6) is 4.85. The maximum absolute atomic E-state index is 8.91. The monoisotopic (exact) mass is 1930 g/mol. The van der Waals surface area contributed by atoms with E-state index in [0.717, 1.165) is 176 Å². The molecule has 0 fully saturated rings. The van der Waals surface area contributed by atoms with Gasteiger partial charge in [0.1, 0.15) is 0 Å². The zero-order chi connectivity index (χ0) is 112. The van der Waals surface area contributed by atoms with Gasteiger partial charge in [-0.2, -0.15) is 29.9 Å². The minimum absolute atomic E-state index is 0.147. The lowest BCUT2D eigenvalue weighted by Crippen LogP contribution is -2.06. The van der Waals surface area contributed by atoms with Gasteiger partial charge in [-0.05, 0) is 113 Å². The van der Waals surface area contributed by atoms with Gasteiger partial charge in [0.05, 0.1) is 92.4 Å². The molecule has 0 spiro atoms. The van der Waals surface area contributed by atoms with Crippen LogP contribution in [-0.4, -0.2) is 72.3 Å². The Labute approximate surface area is 882 Å². The molecule has 702 valence electrons. The summed E-state index contributed by atoms with van der Waals surface area (Å²) in [7, 11) is 0. The lowest BCUT2D eigenvalue weighted by molar-refractivity contribution is 0.953. The number of aromatic nitrogens is 15.